The van der Waals surface area contributed by atoms with E-state index in [1.54, 1.807) is 11.8 Å². The van der Waals surface area contributed by atoms with E-state index in [0.29, 0.717) is 17.7 Å². The third-order valence-corrected chi connectivity index (χ3v) is 8.92. The van der Waals surface area contributed by atoms with Gasteiger partial charge in [-0.3, -0.25) is 4.79 Å². The molecule has 0 unspecified atom stereocenters. The second-order valence-electron chi connectivity index (χ2n) is 10.9. The van der Waals surface area contributed by atoms with Crippen LogP contribution in [0.25, 0.3) is 0 Å². The molecule has 0 saturated carbocycles. The molecule has 4 N–H and O–H groups in total. The second kappa shape index (κ2) is 15.9. The number of nitriles is 1. The molecule has 0 radical (unpaired) electrons. The molecule has 5 rings (SSSR count). The number of ether oxygens (including phenoxy) is 1. The summed E-state index contributed by atoms with van der Waals surface area (Å²) in [5, 5.41) is 27.8. The molecule has 0 bridgehead atoms. The van der Waals surface area contributed by atoms with Gasteiger partial charge in [0.05, 0.1) is 23.8 Å². The van der Waals surface area contributed by atoms with Gasteiger partial charge in [0.2, 0.25) is 5.91 Å². The second-order valence-corrected chi connectivity index (χ2v) is 12.0. The first-order valence-corrected chi connectivity index (χ1v) is 16.0. The number of rotatable bonds is 12. The molecule has 1 aliphatic heterocycles. The van der Waals surface area contributed by atoms with E-state index in [-0.39, 0.29) is 12.2 Å². The summed E-state index contributed by atoms with van der Waals surface area (Å²) in [6.45, 7) is 1.52. The lowest BCUT2D eigenvalue weighted by molar-refractivity contribution is -0.118. The van der Waals surface area contributed by atoms with E-state index >= 15 is 0 Å². The molecule has 2 amide bonds. The Morgan fingerprint density at radius 3 is 2.16 bits per heavy atom. The van der Waals surface area contributed by atoms with E-state index < -0.39 is 24.0 Å². The highest BCUT2D eigenvalue weighted by molar-refractivity contribution is 7.99. The van der Waals surface area contributed by atoms with Gasteiger partial charge in [-0.1, -0.05) is 78.9 Å². The van der Waals surface area contributed by atoms with E-state index in [2.05, 4.69) is 22.0 Å². The molecule has 1 heterocycles. The standard InChI is InChI=1S/C36H36N4O4S/c37-21-25-15-19-31(20-16-25)45-24-30-23-38-22-29(44-30)18-17-26-9-7-8-14-32(26)39-35(41)34(40-36(42)43)33(27-10-3-1-4-11-27)28-12-5-2-6-13-28/h1-16,19-20,29-30,33-34,38,40H,17-18,22-24H2,(H,39,41)(H,42,43)/t29-,30+,34+/m1/s1. The van der Waals surface area contributed by atoms with Crippen molar-refractivity contribution in [1.29, 1.82) is 5.26 Å². The zero-order chi connectivity index (χ0) is 31.4. The highest BCUT2D eigenvalue weighted by Crippen LogP contribution is 2.30. The zero-order valence-corrected chi connectivity index (χ0v) is 25.6. The number of amides is 2. The topological polar surface area (TPSA) is 123 Å². The van der Waals surface area contributed by atoms with Crippen LogP contribution in [-0.2, 0) is 16.0 Å². The van der Waals surface area contributed by atoms with E-state index in [1.807, 2.05) is 109 Å². The average Bonchev–Trinajstić information content (AvgIpc) is 3.08. The number of aryl methyl sites for hydroxylation is 1. The normalized spacial score (nSPS) is 16.8. The summed E-state index contributed by atoms with van der Waals surface area (Å²) in [6.07, 6.45) is 0.224. The molecular formula is C36H36N4O4S. The van der Waals surface area contributed by atoms with Crippen molar-refractivity contribution >= 4 is 29.4 Å². The van der Waals surface area contributed by atoms with Gasteiger partial charge in [-0.25, -0.2) is 4.79 Å². The Bertz CT molecular complexity index is 1560. The van der Waals surface area contributed by atoms with Crippen molar-refractivity contribution in [2.45, 2.75) is 41.9 Å². The van der Waals surface area contributed by atoms with Crippen molar-refractivity contribution in [3.05, 3.63) is 131 Å². The van der Waals surface area contributed by atoms with Gasteiger partial charge in [-0.2, -0.15) is 5.26 Å². The van der Waals surface area contributed by atoms with Crippen molar-refractivity contribution in [2.75, 3.05) is 24.2 Å². The van der Waals surface area contributed by atoms with E-state index in [4.69, 9.17) is 10.00 Å². The smallest absolute Gasteiger partial charge is 0.405 e. The molecule has 3 atom stereocenters. The van der Waals surface area contributed by atoms with Crippen molar-refractivity contribution in [1.82, 2.24) is 10.6 Å². The Balaban J connectivity index is 1.25. The predicted molar refractivity (Wildman–Crippen MR) is 176 cm³/mol. The molecule has 1 fully saturated rings. The number of hydrogen-bond acceptors (Lipinski definition) is 6. The van der Waals surface area contributed by atoms with Crippen LogP contribution < -0.4 is 16.0 Å². The van der Waals surface area contributed by atoms with Crippen LogP contribution in [0.1, 0.15) is 34.6 Å². The number of nitrogens with zero attached hydrogens (tertiary/aromatic N) is 1. The summed E-state index contributed by atoms with van der Waals surface area (Å²) in [5.74, 6) is -0.168. The number of para-hydroxylation sites is 1. The molecule has 230 valence electrons. The lowest BCUT2D eigenvalue weighted by Gasteiger charge is -2.31. The molecule has 1 saturated heterocycles. The fourth-order valence-corrected chi connectivity index (χ4v) is 6.48. The van der Waals surface area contributed by atoms with Crippen LogP contribution in [0.15, 0.2) is 114 Å². The summed E-state index contributed by atoms with van der Waals surface area (Å²) in [4.78, 5) is 26.9. The van der Waals surface area contributed by atoms with Crippen LogP contribution in [0.2, 0.25) is 0 Å². The van der Waals surface area contributed by atoms with Crippen LogP contribution in [-0.4, -0.2) is 54.2 Å². The number of carbonyl (C=O) groups is 2. The first-order valence-electron chi connectivity index (χ1n) is 15.0. The Kier molecular flexibility index (Phi) is 11.2. The quantitative estimate of drug-likeness (QED) is 0.142. The van der Waals surface area contributed by atoms with Crippen LogP contribution in [0.3, 0.4) is 0 Å². The molecule has 4 aromatic rings. The first-order chi connectivity index (χ1) is 22.0. The number of hydrogen-bond donors (Lipinski definition) is 4. The zero-order valence-electron chi connectivity index (χ0n) is 24.8. The van der Waals surface area contributed by atoms with Crippen molar-refractivity contribution in [3.63, 3.8) is 0 Å². The number of carbonyl (C=O) groups excluding carboxylic acids is 1. The fourth-order valence-electron chi connectivity index (χ4n) is 5.58. The van der Waals surface area contributed by atoms with Gasteiger partial charge in [0, 0.05) is 35.3 Å². The lowest BCUT2D eigenvalue weighted by Crippen LogP contribution is -2.47. The van der Waals surface area contributed by atoms with Crippen LogP contribution in [0.5, 0.6) is 0 Å². The maximum Gasteiger partial charge on any atom is 0.405 e. The molecule has 9 heteroatoms. The Morgan fingerprint density at radius 1 is 0.889 bits per heavy atom. The SMILES string of the molecule is N#Cc1ccc(SC[C@@H]2CNC[C@@H](CCc3ccccc3NC(=O)[C@@H](NC(=O)O)C(c3ccccc3)c3ccccc3)O2)cc1. The average molecular weight is 621 g/mol. The molecule has 0 aromatic heterocycles. The van der Waals surface area contributed by atoms with Gasteiger partial charge in [0.15, 0.2) is 0 Å². The minimum Gasteiger partial charge on any atom is -0.465 e. The van der Waals surface area contributed by atoms with Gasteiger partial charge in [0.25, 0.3) is 0 Å². The maximum absolute atomic E-state index is 13.9. The third kappa shape index (κ3) is 8.96. The van der Waals surface area contributed by atoms with Gasteiger partial charge >= 0.3 is 6.09 Å². The largest absolute Gasteiger partial charge is 0.465 e. The van der Waals surface area contributed by atoms with E-state index in [9.17, 15) is 14.7 Å². The summed E-state index contributed by atoms with van der Waals surface area (Å²) in [6, 6.07) is 35.2. The van der Waals surface area contributed by atoms with Crippen molar-refractivity contribution < 1.29 is 19.4 Å². The molecule has 8 nitrogen and oxygen atoms in total. The highest BCUT2D eigenvalue weighted by atomic mass is 32.2. The monoisotopic (exact) mass is 620 g/mol. The molecule has 45 heavy (non-hydrogen) atoms. The van der Waals surface area contributed by atoms with Crippen LogP contribution in [0.4, 0.5) is 10.5 Å². The van der Waals surface area contributed by atoms with E-state index in [1.165, 1.54) is 0 Å². The van der Waals surface area contributed by atoms with Gasteiger partial charge in [0.1, 0.15) is 6.04 Å². The Morgan fingerprint density at radius 2 is 1.51 bits per heavy atom. The summed E-state index contributed by atoms with van der Waals surface area (Å²) >= 11 is 1.71. The number of benzene rings is 4. The minimum atomic E-state index is -1.27. The lowest BCUT2D eigenvalue weighted by atomic mass is 9.84. The Labute approximate surface area is 267 Å². The van der Waals surface area contributed by atoms with Gasteiger partial charge in [-0.05, 0) is 59.9 Å². The highest BCUT2D eigenvalue weighted by Gasteiger charge is 2.33. The van der Waals surface area contributed by atoms with Gasteiger partial charge < -0.3 is 25.8 Å². The third-order valence-electron chi connectivity index (χ3n) is 7.77. The number of morpholine rings is 1. The predicted octanol–water partition coefficient (Wildman–Crippen LogP) is 6.05. The van der Waals surface area contributed by atoms with Crippen molar-refractivity contribution in [2.24, 2.45) is 0 Å². The van der Waals surface area contributed by atoms with Gasteiger partial charge in [-0.15, -0.1) is 11.8 Å². The first kappa shape index (κ1) is 31.8. The minimum absolute atomic E-state index is 0.0102. The summed E-state index contributed by atoms with van der Waals surface area (Å²) in [5.41, 5.74) is 3.91. The fraction of sp³-hybridized carbons (Fsp3) is 0.250. The van der Waals surface area contributed by atoms with Crippen molar-refractivity contribution in [3.8, 4) is 6.07 Å². The molecule has 1 aliphatic rings. The Hall–Kier alpha value is -4.62. The number of anilines is 1. The van der Waals surface area contributed by atoms with Crippen LogP contribution >= 0.6 is 11.8 Å². The molecule has 0 spiro atoms. The number of nitrogens with one attached hydrogen (secondary N) is 3. The number of thioether (sulfide) groups is 1. The summed E-state index contributed by atoms with van der Waals surface area (Å²) in [7, 11) is 0. The summed E-state index contributed by atoms with van der Waals surface area (Å²) < 4.78 is 6.41. The van der Waals surface area contributed by atoms with E-state index in [0.717, 1.165) is 46.8 Å². The van der Waals surface area contributed by atoms with Crippen LogP contribution in [0, 0.1) is 11.3 Å². The molecule has 0 aliphatic carbocycles. The maximum atomic E-state index is 13.9. The molecule has 4 aromatic carbocycles. The molecular weight excluding hydrogens is 584 g/mol. The number of carboxylic acid groups (broad SMARTS) is 1.